The van der Waals surface area contributed by atoms with Crippen LogP contribution < -0.4 is 5.32 Å². The van der Waals surface area contributed by atoms with Gasteiger partial charge in [-0.05, 0) is 72.8 Å². The largest absolute Gasteiger partial charge is 0.335 e. The summed E-state index contributed by atoms with van der Waals surface area (Å²) in [6.07, 6.45) is 4.39. The van der Waals surface area contributed by atoms with Crippen molar-refractivity contribution >= 4 is 21.8 Å². The monoisotopic (exact) mass is 354 g/mol. The summed E-state index contributed by atoms with van der Waals surface area (Å²) in [6.45, 7) is 2.76. The summed E-state index contributed by atoms with van der Waals surface area (Å²) in [4.78, 5) is 14.6. The molecule has 21 heavy (non-hydrogen) atoms. The van der Waals surface area contributed by atoms with Crippen molar-refractivity contribution in [3.8, 4) is 0 Å². The first kappa shape index (κ1) is 15.0. The van der Waals surface area contributed by atoms with Gasteiger partial charge in [0.25, 0.3) is 5.91 Å². The molecule has 1 saturated carbocycles. The first-order chi connectivity index (χ1) is 10.2. The van der Waals surface area contributed by atoms with Crippen molar-refractivity contribution in [3.05, 3.63) is 34.1 Å². The van der Waals surface area contributed by atoms with Gasteiger partial charge in [0.15, 0.2) is 0 Å². The van der Waals surface area contributed by atoms with E-state index in [0.29, 0.717) is 16.4 Å². The minimum atomic E-state index is -0.449. The summed E-state index contributed by atoms with van der Waals surface area (Å²) in [7, 11) is 0. The lowest BCUT2D eigenvalue weighted by atomic mass is 9.98. The van der Waals surface area contributed by atoms with Crippen molar-refractivity contribution in [2.24, 2.45) is 5.92 Å². The molecule has 0 bridgehead atoms. The third-order valence-electron chi connectivity index (χ3n) is 4.28. The van der Waals surface area contributed by atoms with Gasteiger partial charge in [0.2, 0.25) is 0 Å². The van der Waals surface area contributed by atoms with E-state index in [1.807, 2.05) is 4.90 Å². The molecule has 1 saturated heterocycles. The van der Waals surface area contributed by atoms with E-state index in [4.69, 9.17) is 0 Å². The molecule has 0 spiro atoms. The number of amides is 1. The molecule has 1 atom stereocenters. The van der Waals surface area contributed by atoms with E-state index in [0.717, 1.165) is 45.3 Å². The van der Waals surface area contributed by atoms with Crippen molar-refractivity contribution < 1.29 is 9.18 Å². The van der Waals surface area contributed by atoms with Gasteiger partial charge in [-0.15, -0.1) is 0 Å². The second kappa shape index (κ2) is 6.44. The number of benzene rings is 1. The number of hydrogen-bond donors (Lipinski definition) is 1. The zero-order chi connectivity index (χ0) is 14.8. The molecule has 1 amide bonds. The highest BCUT2D eigenvalue weighted by molar-refractivity contribution is 9.10. The summed E-state index contributed by atoms with van der Waals surface area (Å²) < 4.78 is 14.5. The average molecular weight is 355 g/mol. The molecule has 3 rings (SSSR count). The minimum Gasteiger partial charge on any atom is -0.335 e. The zero-order valence-electron chi connectivity index (χ0n) is 11.9. The molecule has 2 aliphatic rings. The lowest BCUT2D eigenvalue weighted by Gasteiger charge is -2.30. The molecule has 0 radical (unpaired) electrons. The number of hydrogen-bond acceptors (Lipinski definition) is 2. The lowest BCUT2D eigenvalue weighted by molar-refractivity contribution is 0.0699. The number of nitrogens with one attached hydrogen (secondary N) is 1. The molecule has 1 N–H and O–H groups in total. The highest BCUT2D eigenvalue weighted by atomic mass is 79.9. The summed E-state index contributed by atoms with van der Waals surface area (Å²) >= 11 is 3.16. The summed E-state index contributed by atoms with van der Waals surface area (Å²) in [6, 6.07) is 5.22. The van der Waals surface area contributed by atoms with E-state index in [2.05, 4.69) is 21.2 Å². The maximum absolute atomic E-state index is 14.2. The van der Waals surface area contributed by atoms with E-state index in [1.165, 1.54) is 0 Å². The fraction of sp³-hybridized carbons (Fsp3) is 0.562. The Balaban J connectivity index is 1.76. The number of rotatable bonds is 4. The minimum absolute atomic E-state index is 0.165. The van der Waals surface area contributed by atoms with Crippen LogP contribution in [0.5, 0.6) is 0 Å². The van der Waals surface area contributed by atoms with Gasteiger partial charge in [-0.2, -0.15) is 0 Å². The molecule has 114 valence electrons. The molecule has 1 unspecified atom stereocenters. The Morgan fingerprint density at radius 2 is 2.19 bits per heavy atom. The van der Waals surface area contributed by atoms with Crippen LogP contribution >= 0.6 is 15.9 Å². The Hall–Kier alpha value is -0.940. The molecule has 3 nitrogen and oxygen atoms in total. The van der Waals surface area contributed by atoms with Gasteiger partial charge in [-0.1, -0.05) is 6.07 Å². The Morgan fingerprint density at radius 3 is 2.86 bits per heavy atom. The molecule has 1 aromatic rings. The second-order valence-corrected chi connectivity index (χ2v) is 6.86. The Labute approximate surface area is 133 Å². The van der Waals surface area contributed by atoms with Crippen LogP contribution in [-0.2, 0) is 0 Å². The first-order valence-corrected chi connectivity index (χ1v) is 8.42. The first-order valence-electron chi connectivity index (χ1n) is 7.62. The van der Waals surface area contributed by atoms with E-state index in [-0.39, 0.29) is 11.5 Å². The third kappa shape index (κ3) is 3.46. The van der Waals surface area contributed by atoms with Gasteiger partial charge in [-0.3, -0.25) is 4.79 Å². The molecular weight excluding hydrogens is 335 g/mol. The van der Waals surface area contributed by atoms with Gasteiger partial charge in [-0.25, -0.2) is 4.39 Å². The fourth-order valence-electron chi connectivity index (χ4n) is 2.97. The summed E-state index contributed by atoms with van der Waals surface area (Å²) in [5, 5.41) is 3.38. The normalized spacial score (nSPS) is 22.1. The van der Waals surface area contributed by atoms with Crippen LogP contribution in [0.1, 0.15) is 36.0 Å². The summed E-state index contributed by atoms with van der Waals surface area (Å²) in [5.41, 5.74) is 0.181. The van der Waals surface area contributed by atoms with Gasteiger partial charge >= 0.3 is 0 Å². The second-order valence-electron chi connectivity index (χ2n) is 6.00. The number of halogens is 2. The van der Waals surface area contributed by atoms with Gasteiger partial charge in [0.1, 0.15) is 5.82 Å². The van der Waals surface area contributed by atoms with Crippen LogP contribution in [0.3, 0.4) is 0 Å². The topological polar surface area (TPSA) is 32.3 Å². The average Bonchev–Trinajstić information content (AvgIpc) is 3.33. The van der Waals surface area contributed by atoms with Crippen molar-refractivity contribution in [1.29, 1.82) is 0 Å². The Kier molecular flexibility index (Phi) is 4.60. The molecular formula is C16H20BrFN2O. The van der Waals surface area contributed by atoms with Crippen LogP contribution in [0.4, 0.5) is 4.39 Å². The number of nitrogens with zero attached hydrogens (tertiary/aromatic N) is 1. The fourth-order valence-corrected chi connectivity index (χ4v) is 3.33. The Morgan fingerprint density at radius 1 is 1.38 bits per heavy atom. The lowest BCUT2D eigenvalue weighted by Crippen LogP contribution is -2.42. The number of carbonyl (C=O) groups excluding carboxylic acids is 1. The van der Waals surface area contributed by atoms with E-state index >= 15 is 0 Å². The SMILES string of the molecule is O=C(c1cccc(Br)c1F)N(CC1CCCNC1)C1CC1. The highest BCUT2D eigenvalue weighted by Gasteiger charge is 2.35. The molecule has 1 aromatic carbocycles. The van der Waals surface area contributed by atoms with Crippen molar-refractivity contribution in [1.82, 2.24) is 10.2 Å². The van der Waals surface area contributed by atoms with Gasteiger partial charge < -0.3 is 10.2 Å². The van der Waals surface area contributed by atoms with E-state index in [1.54, 1.807) is 18.2 Å². The molecule has 1 aliphatic heterocycles. The maximum Gasteiger partial charge on any atom is 0.257 e. The number of carbonyl (C=O) groups is 1. The van der Waals surface area contributed by atoms with Gasteiger partial charge in [0, 0.05) is 12.6 Å². The van der Waals surface area contributed by atoms with Crippen molar-refractivity contribution in [2.75, 3.05) is 19.6 Å². The highest BCUT2D eigenvalue weighted by Crippen LogP contribution is 2.31. The van der Waals surface area contributed by atoms with Crippen molar-refractivity contribution in [3.63, 3.8) is 0 Å². The van der Waals surface area contributed by atoms with E-state index in [9.17, 15) is 9.18 Å². The van der Waals surface area contributed by atoms with Crippen molar-refractivity contribution in [2.45, 2.75) is 31.7 Å². The van der Waals surface area contributed by atoms with E-state index < -0.39 is 5.82 Å². The van der Waals surface area contributed by atoms with Crippen LogP contribution in [0, 0.1) is 11.7 Å². The van der Waals surface area contributed by atoms with Crippen LogP contribution in [-0.4, -0.2) is 36.5 Å². The molecule has 5 heteroatoms. The van der Waals surface area contributed by atoms with Crippen LogP contribution in [0.25, 0.3) is 0 Å². The zero-order valence-corrected chi connectivity index (χ0v) is 13.5. The standard InChI is InChI=1S/C16H20BrFN2O/c17-14-5-1-4-13(15(14)18)16(21)20(12-6-7-12)10-11-3-2-8-19-9-11/h1,4-5,11-12,19H,2-3,6-10H2. The van der Waals surface area contributed by atoms with Crippen LogP contribution in [0.2, 0.25) is 0 Å². The Bertz CT molecular complexity index is 527. The molecule has 1 aliphatic carbocycles. The quantitative estimate of drug-likeness (QED) is 0.900. The maximum atomic E-state index is 14.2. The molecule has 1 heterocycles. The summed E-state index contributed by atoms with van der Waals surface area (Å²) in [5.74, 6) is -0.129. The molecule has 0 aromatic heterocycles. The van der Waals surface area contributed by atoms with Gasteiger partial charge in [0.05, 0.1) is 10.0 Å². The smallest absolute Gasteiger partial charge is 0.257 e. The predicted octanol–water partition coefficient (Wildman–Crippen LogP) is 3.19. The third-order valence-corrected chi connectivity index (χ3v) is 4.90. The predicted molar refractivity (Wildman–Crippen MR) is 83.8 cm³/mol. The number of piperidine rings is 1. The molecule has 2 fully saturated rings. The van der Waals surface area contributed by atoms with Crippen LogP contribution in [0.15, 0.2) is 22.7 Å².